The number of alkyl carbamates (subject to hydrolysis) is 1. The Bertz CT molecular complexity index is 346. The summed E-state index contributed by atoms with van der Waals surface area (Å²) >= 11 is 0. The zero-order chi connectivity index (χ0) is 14.0. The minimum absolute atomic E-state index is 0.0204. The van der Waals surface area contributed by atoms with Gasteiger partial charge in [0, 0.05) is 12.5 Å². The molecule has 0 heterocycles. The van der Waals surface area contributed by atoms with Gasteiger partial charge in [-0.2, -0.15) is 5.26 Å². The molecule has 0 radical (unpaired) electrons. The minimum Gasteiger partial charge on any atom is -0.444 e. The van der Waals surface area contributed by atoms with Crippen molar-refractivity contribution in [2.24, 2.45) is 11.3 Å². The summed E-state index contributed by atoms with van der Waals surface area (Å²) in [4.78, 5) is 11.8. The maximum Gasteiger partial charge on any atom is 0.407 e. The lowest BCUT2D eigenvalue weighted by molar-refractivity contribution is 0.0444. The van der Waals surface area contributed by atoms with Crippen molar-refractivity contribution in [1.82, 2.24) is 5.32 Å². The third kappa shape index (κ3) is 4.56. The fraction of sp³-hybridized carbons (Fsp3) is 0.857. The van der Waals surface area contributed by atoms with Gasteiger partial charge in [-0.1, -0.05) is 13.8 Å². The summed E-state index contributed by atoms with van der Waals surface area (Å²) in [5.74, 6) is 0.487. The maximum absolute atomic E-state index is 11.8. The molecule has 1 aliphatic rings. The second-order valence-corrected chi connectivity index (χ2v) is 6.78. The molecule has 1 fully saturated rings. The van der Waals surface area contributed by atoms with E-state index in [0.29, 0.717) is 12.3 Å². The van der Waals surface area contributed by atoms with Gasteiger partial charge in [0.25, 0.3) is 0 Å². The third-order valence-corrected chi connectivity index (χ3v) is 3.14. The van der Waals surface area contributed by atoms with Crippen LogP contribution in [0.3, 0.4) is 0 Å². The molecule has 1 amide bonds. The Hall–Kier alpha value is -1.24. The van der Waals surface area contributed by atoms with Crippen LogP contribution in [0, 0.1) is 22.7 Å². The van der Waals surface area contributed by atoms with Crippen molar-refractivity contribution < 1.29 is 9.53 Å². The number of carbonyl (C=O) groups is 1. The van der Waals surface area contributed by atoms with Crippen LogP contribution in [0.5, 0.6) is 0 Å². The summed E-state index contributed by atoms with van der Waals surface area (Å²) in [5.41, 5.74) is -0.704. The van der Waals surface area contributed by atoms with Crippen molar-refractivity contribution in [3.8, 4) is 6.07 Å². The van der Waals surface area contributed by atoms with E-state index >= 15 is 0 Å². The molecule has 4 nitrogen and oxygen atoms in total. The largest absolute Gasteiger partial charge is 0.444 e. The zero-order valence-electron chi connectivity index (χ0n) is 12.0. The molecule has 18 heavy (non-hydrogen) atoms. The van der Waals surface area contributed by atoms with E-state index in [1.54, 1.807) is 0 Å². The molecular formula is C14H24N2O2. The third-order valence-electron chi connectivity index (χ3n) is 3.14. The average molecular weight is 252 g/mol. The van der Waals surface area contributed by atoms with Crippen LogP contribution in [0.2, 0.25) is 0 Å². The number of nitriles is 1. The Balaban J connectivity index is 2.64. The van der Waals surface area contributed by atoms with Crippen molar-refractivity contribution in [3.63, 3.8) is 0 Å². The summed E-state index contributed by atoms with van der Waals surface area (Å²) in [6, 6.07) is 2.22. The molecule has 0 aromatic rings. The van der Waals surface area contributed by atoms with Crippen LogP contribution >= 0.6 is 0 Å². The van der Waals surface area contributed by atoms with E-state index in [1.807, 2.05) is 34.6 Å². The lowest BCUT2D eigenvalue weighted by Gasteiger charge is -2.34. The van der Waals surface area contributed by atoms with E-state index in [9.17, 15) is 4.79 Å². The van der Waals surface area contributed by atoms with Crippen molar-refractivity contribution in [2.45, 2.75) is 65.5 Å². The highest BCUT2D eigenvalue weighted by Gasteiger charge is 2.42. The van der Waals surface area contributed by atoms with E-state index in [-0.39, 0.29) is 17.6 Å². The summed E-state index contributed by atoms with van der Waals surface area (Å²) in [5, 5.41) is 11.8. The Morgan fingerprint density at radius 1 is 1.39 bits per heavy atom. The predicted octanol–water partition coefficient (Wildman–Crippen LogP) is 3.23. The molecule has 102 valence electrons. The lowest BCUT2D eigenvalue weighted by atomic mass is 9.79. The van der Waals surface area contributed by atoms with E-state index in [2.05, 4.69) is 11.4 Å². The van der Waals surface area contributed by atoms with Crippen LogP contribution in [0.4, 0.5) is 4.79 Å². The van der Waals surface area contributed by atoms with Crippen molar-refractivity contribution >= 4 is 6.09 Å². The van der Waals surface area contributed by atoms with Crippen LogP contribution in [0.1, 0.15) is 53.9 Å². The average Bonchev–Trinajstić information content (AvgIpc) is 2.93. The van der Waals surface area contributed by atoms with Gasteiger partial charge >= 0.3 is 6.09 Å². The molecule has 4 heteroatoms. The Kier molecular flexibility index (Phi) is 4.26. The smallest absolute Gasteiger partial charge is 0.407 e. The Labute approximate surface area is 110 Å². The SMILES string of the molecule is CC(C)(C)OC(=O)NC(C1CC1)C(C)(C)CC#N. The van der Waals surface area contributed by atoms with Gasteiger partial charge in [0.1, 0.15) is 5.60 Å². The van der Waals surface area contributed by atoms with Crippen molar-refractivity contribution in [1.29, 1.82) is 5.26 Å². The predicted molar refractivity (Wildman–Crippen MR) is 69.9 cm³/mol. The first-order chi connectivity index (χ1) is 8.15. The zero-order valence-corrected chi connectivity index (χ0v) is 12.0. The highest BCUT2D eigenvalue weighted by atomic mass is 16.6. The first kappa shape index (κ1) is 14.8. The number of ether oxygens (including phenoxy) is 1. The van der Waals surface area contributed by atoms with Gasteiger partial charge in [0.15, 0.2) is 0 Å². The van der Waals surface area contributed by atoms with Crippen LogP contribution in [-0.2, 0) is 4.74 Å². The van der Waals surface area contributed by atoms with Crippen LogP contribution in [0.25, 0.3) is 0 Å². The topological polar surface area (TPSA) is 62.1 Å². The number of amides is 1. The van der Waals surface area contributed by atoms with Crippen LogP contribution in [-0.4, -0.2) is 17.7 Å². The van der Waals surface area contributed by atoms with Gasteiger partial charge in [-0.05, 0) is 44.9 Å². The second-order valence-electron chi connectivity index (χ2n) is 6.78. The maximum atomic E-state index is 11.8. The highest BCUT2D eigenvalue weighted by molar-refractivity contribution is 5.68. The molecule has 0 bridgehead atoms. The molecule has 1 atom stereocenters. The summed E-state index contributed by atoms with van der Waals surface area (Å²) in [7, 11) is 0. The Morgan fingerprint density at radius 3 is 2.33 bits per heavy atom. The molecule has 1 rings (SSSR count). The van der Waals surface area contributed by atoms with E-state index in [0.717, 1.165) is 12.8 Å². The fourth-order valence-electron chi connectivity index (χ4n) is 2.13. The molecule has 1 saturated carbocycles. The first-order valence-corrected chi connectivity index (χ1v) is 6.52. The number of nitrogens with zero attached hydrogens (tertiary/aromatic N) is 1. The molecule has 0 saturated heterocycles. The molecule has 0 aliphatic heterocycles. The second kappa shape index (κ2) is 5.17. The normalized spacial score (nSPS) is 17.8. The summed E-state index contributed by atoms with van der Waals surface area (Å²) in [6.07, 6.45) is 2.29. The lowest BCUT2D eigenvalue weighted by Crippen LogP contribution is -2.48. The van der Waals surface area contributed by atoms with Gasteiger partial charge in [-0.15, -0.1) is 0 Å². The molecule has 1 N–H and O–H groups in total. The van der Waals surface area contributed by atoms with E-state index in [1.165, 1.54) is 0 Å². The Morgan fingerprint density at radius 2 is 1.94 bits per heavy atom. The van der Waals surface area contributed by atoms with Gasteiger partial charge < -0.3 is 10.1 Å². The highest BCUT2D eigenvalue weighted by Crippen LogP contribution is 2.42. The number of rotatable bonds is 4. The summed E-state index contributed by atoms with van der Waals surface area (Å²) < 4.78 is 5.29. The first-order valence-electron chi connectivity index (χ1n) is 6.52. The van der Waals surface area contributed by atoms with Crippen molar-refractivity contribution in [3.05, 3.63) is 0 Å². The van der Waals surface area contributed by atoms with Crippen LogP contribution in [0.15, 0.2) is 0 Å². The van der Waals surface area contributed by atoms with Gasteiger partial charge in [0.2, 0.25) is 0 Å². The number of nitrogens with one attached hydrogen (secondary N) is 1. The van der Waals surface area contributed by atoms with Crippen LogP contribution < -0.4 is 5.32 Å². The van der Waals surface area contributed by atoms with Gasteiger partial charge in [0.05, 0.1) is 6.07 Å². The minimum atomic E-state index is -0.489. The standard InChI is InChI=1S/C14H24N2O2/c1-13(2,3)18-12(17)16-11(10-6-7-10)14(4,5)8-9-15/h10-11H,6-8H2,1-5H3,(H,16,17). The quantitative estimate of drug-likeness (QED) is 0.835. The molecule has 0 aromatic heterocycles. The molecule has 0 aromatic carbocycles. The fourth-order valence-corrected chi connectivity index (χ4v) is 2.13. The van der Waals surface area contributed by atoms with Gasteiger partial charge in [-0.3, -0.25) is 0 Å². The molecule has 1 aliphatic carbocycles. The number of carbonyl (C=O) groups excluding carboxylic acids is 1. The van der Waals surface area contributed by atoms with E-state index < -0.39 is 5.60 Å². The number of hydrogen-bond donors (Lipinski definition) is 1. The number of hydrogen-bond acceptors (Lipinski definition) is 3. The van der Waals surface area contributed by atoms with E-state index in [4.69, 9.17) is 10.00 Å². The van der Waals surface area contributed by atoms with Gasteiger partial charge in [-0.25, -0.2) is 4.79 Å². The summed E-state index contributed by atoms with van der Waals surface area (Å²) in [6.45, 7) is 9.59. The molecule has 0 spiro atoms. The monoisotopic (exact) mass is 252 g/mol. The van der Waals surface area contributed by atoms with Crippen molar-refractivity contribution in [2.75, 3.05) is 0 Å². The molecule has 1 unspecified atom stereocenters. The molecular weight excluding hydrogens is 228 g/mol.